The van der Waals surface area contributed by atoms with E-state index >= 15 is 0 Å². The lowest BCUT2D eigenvalue weighted by molar-refractivity contribution is 0.445. The van der Waals surface area contributed by atoms with Crippen LogP contribution in [-0.4, -0.2) is 57.1 Å². The van der Waals surface area contributed by atoms with Crippen LogP contribution in [0.1, 0.15) is 13.8 Å². The van der Waals surface area contributed by atoms with Crippen molar-refractivity contribution in [2.75, 3.05) is 36.8 Å². The van der Waals surface area contributed by atoms with Gasteiger partial charge in [-0.25, -0.2) is 16.8 Å². The summed E-state index contributed by atoms with van der Waals surface area (Å²) in [6, 6.07) is 9.12. The molecule has 0 atom stereocenters. The molecule has 0 amide bonds. The van der Waals surface area contributed by atoms with E-state index in [1.807, 2.05) is 0 Å². The Morgan fingerprint density at radius 1 is 1.00 bits per heavy atom. The Labute approximate surface area is 180 Å². The number of anilines is 2. The average molecular weight is 470 g/mol. The molecule has 3 rings (SSSR count). The summed E-state index contributed by atoms with van der Waals surface area (Å²) in [7, 11) is -4.30. The molecule has 0 radical (unpaired) electrons. The third kappa shape index (κ3) is 4.13. The highest BCUT2D eigenvalue weighted by molar-refractivity contribution is 7.93. The number of hydrogen-bond donors (Lipinski definition) is 1. The van der Waals surface area contributed by atoms with Gasteiger partial charge in [0.2, 0.25) is 10.0 Å². The molecule has 0 fully saturated rings. The lowest BCUT2D eigenvalue weighted by Gasteiger charge is -2.22. The van der Waals surface area contributed by atoms with Crippen LogP contribution in [0.25, 0.3) is 11.0 Å². The van der Waals surface area contributed by atoms with Gasteiger partial charge in [0.25, 0.3) is 10.0 Å². The van der Waals surface area contributed by atoms with Crippen LogP contribution in [0.4, 0.5) is 11.4 Å². The SMILES string of the molecule is CCN(CC)S(=O)(=O)c1ccc(N(C)C)c(NS(=O)(=O)c2cccc3nsnc23)c1. The van der Waals surface area contributed by atoms with Gasteiger partial charge in [-0.3, -0.25) is 4.72 Å². The van der Waals surface area contributed by atoms with Crippen LogP contribution < -0.4 is 9.62 Å². The summed E-state index contributed by atoms with van der Waals surface area (Å²) in [6.45, 7) is 4.13. The summed E-state index contributed by atoms with van der Waals surface area (Å²) in [5.41, 5.74) is 1.44. The molecular formula is C18H23N5O4S3. The Kier molecular flexibility index (Phi) is 6.32. The van der Waals surface area contributed by atoms with E-state index in [0.717, 1.165) is 11.7 Å². The van der Waals surface area contributed by atoms with Crippen molar-refractivity contribution in [2.24, 2.45) is 0 Å². The molecule has 9 nitrogen and oxygen atoms in total. The number of benzene rings is 2. The summed E-state index contributed by atoms with van der Waals surface area (Å²) in [4.78, 5) is 1.70. The Morgan fingerprint density at radius 3 is 2.33 bits per heavy atom. The summed E-state index contributed by atoms with van der Waals surface area (Å²) < 4.78 is 64.1. The van der Waals surface area contributed by atoms with E-state index in [9.17, 15) is 16.8 Å². The lowest BCUT2D eigenvalue weighted by atomic mass is 10.2. The fourth-order valence-corrected chi connectivity index (χ4v) is 6.38. The number of aromatic nitrogens is 2. The third-order valence-corrected chi connectivity index (χ3v) is 8.56. The van der Waals surface area contributed by atoms with Crippen LogP contribution in [-0.2, 0) is 20.0 Å². The van der Waals surface area contributed by atoms with Gasteiger partial charge in [-0.2, -0.15) is 13.1 Å². The van der Waals surface area contributed by atoms with Crippen LogP contribution in [0.3, 0.4) is 0 Å². The van der Waals surface area contributed by atoms with Gasteiger partial charge in [-0.15, -0.1) is 0 Å². The minimum absolute atomic E-state index is 0.0167. The zero-order chi connectivity index (χ0) is 22.1. The van der Waals surface area contributed by atoms with Gasteiger partial charge >= 0.3 is 0 Å². The molecule has 3 aromatic rings. The molecule has 162 valence electrons. The minimum Gasteiger partial charge on any atom is -0.376 e. The zero-order valence-electron chi connectivity index (χ0n) is 17.0. The molecule has 1 aromatic heterocycles. The third-order valence-electron chi connectivity index (χ3n) is 4.58. The monoisotopic (exact) mass is 469 g/mol. The number of nitrogens with zero attached hydrogens (tertiary/aromatic N) is 4. The van der Waals surface area contributed by atoms with Gasteiger partial charge in [-0.05, 0) is 30.3 Å². The van der Waals surface area contributed by atoms with Crippen molar-refractivity contribution >= 4 is 54.2 Å². The highest BCUT2D eigenvalue weighted by Crippen LogP contribution is 2.32. The Hall–Kier alpha value is -2.28. The number of sulfonamides is 2. The fourth-order valence-electron chi connectivity index (χ4n) is 3.06. The first-order valence-electron chi connectivity index (χ1n) is 9.17. The van der Waals surface area contributed by atoms with Gasteiger partial charge < -0.3 is 4.90 Å². The van der Waals surface area contributed by atoms with Crippen molar-refractivity contribution in [3.63, 3.8) is 0 Å². The lowest BCUT2D eigenvalue weighted by Crippen LogP contribution is -2.30. The summed E-state index contributed by atoms with van der Waals surface area (Å²) in [6.07, 6.45) is 0. The van der Waals surface area contributed by atoms with Crippen LogP contribution in [0.15, 0.2) is 46.2 Å². The van der Waals surface area contributed by atoms with Crippen molar-refractivity contribution in [1.29, 1.82) is 0 Å². The van der Waals surface area contributed by atoms with Gasteiger partial charge in [0.15, 0.2) is 0 Å². The van der Waals surface area contributed by atoms with Crippen LogP contribution >= 0.6 is 11.7 Å². The molecule has 1 N–H and O–H groups in total. The molecule has 12 heteroatoms. The maximum atomic E-state index is 13.1. The molecule has 0 saturated carbocycles. The van der Waals surface area contributed by atoms with Crippen molar-refractivity contribution in [3.05, 3.63) is 36.4 Å². The first-order valence-corrected chi connectivity index (χ1v) is 12.8. The maximum absolute atomic E-state index is 13.1. The summed E-state index contributed by atoms with van der Waals surface area (Å²) >= 11 is 0.926. The van der Waals surface area contributed by atoms with Crippen molar-refractivity contribution in [2.45, 2.75) is 23.6 Å². The van der Waals surface area contributed by atoms with Gasteiger partial charge in [0.1, 0.15) is 15.9 Å². The Bertz CT molecular complexity index is 1270. The largest absolute Gasteiger partial charge is 0.376 e. The predicted octanol–water partition coefficient (Wildman–Crippen LogP) is 2.59. The normalized spacial score (nSPS) is 12.4. The predicted molar refractivity (Wildman–Crippen MR) is 119 cm³/mol. The second-order valence-corrected chi connectivity index (χ2v) is 10.8. The Balaban J connectivity index is 2.11. The van der Waals surface area contributed by atoms with E-state index in [0.29, 0.717) is 24.3 Å². The van der Waals surface area contributed by atoms with E-state index < -0.39 is 20.0 Å². The molecule has 2 aromatic carbocycles. The Morgan fingerprint density at radius 2 is 1.70 bits per heavy atom. The van der Waals surface area contributed by atoms with E-state index in [2.05, 4.69) is 13.5 Å². The molecule has 0 spiro atoms. The molecule has 30 heavy (non-hydrogen) atoms. The first-order chi connectivity index (χ1) is 14.1. The van der Waals surface area contributed by atoms with E-state index in [4.69, 9.17) is 0 Å². The van der Waals surface area contributed by atoms with Crippen molar-refractivity contribution in [1.82, 2.24) is 13.1 Å². The topological polar surface area (TPSA) is 113 Å². The van der Waals surface area contributed by atoms with E-state index in [-0.39, 0.29) is 21.0 Å². The zero-order valence-corrected chi connectivity index (χ0v) is 19.5. The molecular weight excluding hydrogens is 446 g/mol. The van der Waals surface area contributed by atoms with E-state index in [1.54, 1.807) is 51.0 Å². The molecule has 0 unspecified atom stereocenters. The number of nitrogens with one attached hydrogen (secondary N) is 1. The minimum atomic E-state index is -4.04. The van der Waals surface area contributed by atoms with Gasteiger partial charge in [0, 0.05) is 27.2 Å². The molecule has 1 heterocycles. The molecule has 0 bridgehead atoms. The van der Waals surface area contributed by atoms with Crippen LogP contribution in [0.5, 0.6) is 0 Å². The fraction of sp³-hybridized carbons (Fsp3) is 0.333. The van der Waals surface area contributed by atoms with Gasteiger partial charge in [-0.1, -0.05) is 19.9 Å². The molecule has 0 aliphatic rings. The summed E-state index contributed by atoms with van der Waals surface area (Å²) in [5.74, 6) is 0. The first kappa shape index (κ1) is 22.4. The molecule has 0 saturated heterocycles. The van der Waals surface area contributed by atoms with Crippen LogP contribution in [0.2, 0.25) is 0 Å². The highest BCUT2D eigenvalue weighted by atomic mass is 32.2. The van der Waals surface area contributed by atoms with E-state index in [1.165, 1.54) is 22.5 Å². The number of hydrogen-bond acceptors (Lipinski definition) is 8. The highest BCUT2D eigenvalue weighted by Gasteiger charge is 2.26. The van der Waals surface area contributed by atoms with Crippen molar-refractivity contribution < 1.29 is 16.8 Å². The van der Waals surface area contributed by atoms with Crippen LogP contribution in [0, 0.1) is 0 Å². The standard InChI is InChI=1S/C18H23N5O4S3/c1-5-23(6-2)30(26,27)13-10-11-16(22(3)4)15(12-13)21-29(24,25)17-9-7-8-14-18(17)20-28-19-14/h7-12,21H,5-6H2,1-4H3. The quantitative estimate of drug-likeness (QED) is 0.539. The second-order valence-electron chi connectivity index (χ2n) is 6.66. The number of fused-ring (bicyclic) bond motifs is 1. The summed E-state index contributed by atoms with van der Waals surface area (Å²) in [5, 5.41) is 0. The molecule has 0 aliphatic carbocycles. The van der Waals surface area contributed by atoms with Gasteiger partial charge in [0.05, 0.1) is 28.0 Å². The smallest absolute Gasteiger partial charge is 0.264 e. The molecule has 0 aliphatic heterocycles. The number of rotatable bonds is 8. The second kappa shape index (κ2) is 8.46. The average Bonchev–Trinajstić information content (AvgIpc) is 3.16. The van der Waals surface area contributed by atoms with Crippen molar-refractivity contribution in [3.8, 4) is 0 Å². The maximum Gasteiger partial charge on any atom is 0.264 e.